The molecule has 2 N–H and O–H groups in total. The monoisotopic (exact) mass is 372 g/mol. The summed E-state index contributed by atoms with van der Waals surface area (Å²) in [5.41, 5.74) is 1.66. The molecule has 0 bridgehead atoms. The van der Waals surface area contributed by atoms with Crippen molar-refractivity contribution in [1.29, 1.82) is 0 Å². The molecule has 144 valence electrons. The molecule has 1 aromatic carbocycles. The second-order valence-electron chi connectivity index (χ2n) is 6.94. The van der Waals surface area contributed by atoms with E-state index in [2.05, 4.69) is 25.5 Å². The number of likely N-dealkylation sites (tertiary alicyclic amines) is 1. The van der Waals surface area contributed by atoms with Gasteiger partial charge in [-0.3, -0.25) is 4.90 Å². The normalized spacial score (nSPS) is 15.4. The molecule has 0 atom stereocenters. The van der Waals surface area contributed by atoms with Crippen molar-refractivity contribution >= 4 is 17.7 Å². The Kier molecular flexibility index (Phi) is 6.18. The van der Waals surface area contributed by atoms with Crippen LogP contribution in [0.3, 0.4) is 0 Å². The third-order valence-corrected chi connectivity index (χ3v) is 4.54. The van der Waals surface area contributed by atoms with Crippen LogP contribution in [0.5, 0.6) is 0 Å². The highest BCUT2D eigenvalue weighted by Crippen LogP contribution is 2.15. The lowest BCUT2D eigenvalue weighted by atomic mass is 10.0. The number of halogens is 1. The molecule has 0 spiro atoms. The third kappa shape index (κ3) is 5.62. The predicted molar refractivity (Wildman–Crippen MR) is 103 cm³/mol. The Morgan fingerprint density at radius 3 is 2.41 bits per heavy atom. The van der Waals surface area contributed by atoms with Crippen molar-refractivity contribution in [2.75, 3.05) is 37.4 Å². The number of hydrogen-bond acceptors (Lipinski definition) is 5. The summed E-state index contributed by atoms with van der Waals surface area (Å²) >= 11 is 0. The number of amides is 2. The van der Waals surface area contributed by atoms with Crippen molar-refractivity contribution in [3.63, 3.8) is 0 Å². The van der Waals surface area contributed by atoms with E-state index >= 15 is 0 Å². The number of aromatic nitrogens is 2. The quantitative estimate of drug-likeness (QED) is 0.844. The van der Waals surface area contributed by atoms with Crippen LogP contribution in [-0.4, -0.2) is 54.1 Å². The van der Waals surface area contributed by atoms with Crippen LogP contribution in [0, 0.1) is 5.82 Å². The zero-order valence-corrected chi connectivity index (χ0v) is 15.7. The molecule has 0 unspecified atom stereocenters. The highest BCUT2D eigenvalue weighted by Gasteiger charge is 2.20. The molecular formula is C19H25FN6O. The molecule has 1 aliphatic heterocycles. The molecule has 0 aliphatic carbocycles. The number of carbonyl (C=O) groups is 1. The zero-order chi connectivity index (χ0) is 19.2. The SMILES string of the molecule is CN(C)c1ncc(NC(=O)NC2CCN(Cc3ccc(F)cc3)CC2)cn1. The average Bonchev–Trinajstić information content (AvgIpc) is 2.65. The maximum Gasteiger partial charge on any atom is 0.319 e. The fourth-order valence-electron chi connectivity index (χ4n) is 3.05. The standard InChI is InChI=1S/C19H25FN6O/c1-25(2)18-21-11-17(12-22-18)24-19(27)23-16-7-9-26(10-8-16)13-14-3-5-15(20)6-4-14/h3-6,11-12,16H,7-10,13H2,1-2H3,(H2,23,24,27). The molecule has 2 aromatic rings. The molecule has 3 rings (SSSR count). The van der Waals surface area contributed by atoms with E-state index in [-0.39, 0.29) is 17.9 Å². The molecule has 1 saturated heterocycles. The Balaban J connectivity index is 1.41. The fraction of sp³-hybridized carbons (Fsp3) is 0.421. The molecular weight excluding hydrogens is 347 g/mol. The summed E-state index contributed by atoms with van der Waals surface area (Å²) in [7, 11) is 3.72. The van der Waals surface area contributed by atoms with Gasteiger partial charge in [-0.25, -0.2) is 19.2 Å². The van der Waals surface area contributed by atoms with E-state index < -0.39 is 0 Å². The summed E-state index contributed by atoms with van der Waals surface area (Å²) in [5.74, 6) is 0.379. The van der Waals surface area contributed by atoms with E-state index in [9.17, 15) is 9.18 Å². The topological polar surface area (TPSA) is 73.4 Å². The Labute approximate surface area is 158 Å². The van der Waals surface area contributed by atoms with Crippen molar-refractivity contribution in [3.05, 3.63) is 48.0 Å². The zero-order valence-electron chi connectivity index (χ0n) is 15.7. The van der Waals surface area contributed by atoms with E-state index in [4.69, 9.17) is 0 Å². The van der Waals surface area contributed by atoms with E-state index in [0.717, 1.165) is 38.0 Å². The maximum absolute atomic E-state index is 13.0. The van der Waals surface area contributed by atoms with E-state index in [0.29, 0.717) is 11.6 Å². The minimum absolute atomic E-state index is 0.136. The van der Waals surface area contributed by atoms with Gasteiger partial charge in [0.1, 0.15) is 5.82 Å². The van der Waals surface area contributed by atoms with Crippen molar-refractivity contribution in [1.82, 2.24) is 20.2 Å². The first-order valence-corrected chi connectivity index (χ1v) is 9.03. The van der Waals surface area contributed by atoms with Crippen LogP contribution in [0.25, 0.3) is 0 Å². The largest absolute Gasteiger partial charge is 0.347 e. The smallest absolute Gasteiger partial charge is 0.319 e. The molecule has 1 aromatic heterocycles. The summed E-state index contributed by atoms with van der Waals surface area (Å²) < 4.78 is 13.0. The molecule has 2 amide bonds. The first-order valence-electron chi connectivity index (χ1n) is 9.03. The van der Waals surface area contributed by atoms with Crippen LogP contribution in [0.4, 0.5) is 20.8 Å². The highest BCUT2D eigenvalue weighted by atomic mass is 19.1. The molecule has 1 fully saturated rings. The van der Waals surface area contributed by atoms with Gasteiger partial charge in [-0.1, -0.05) is 12.1 Å². The molecule has 0 radical (unpaired) electrons. The van der Waals surface area contributed by atoms with Crippen molar-refractivity contribution < 1.29 is 9.18 Å². The van der Waals surface area contributed by atoms with Crippen LogP contribution in [-0.2, 0) is 6.54 Å². The number of anilines is 2. The number of benzene rings is 1. The first kappa shape index (κ1) is 19.0. The summed E-state index contributed by atoms with van der Waals surface area (Å²) in [6.07, 6.45) is 4.94. The molecule has 0 saturated carbocycles. The van der Waals surface area contributed by atoms with Crippen LogP contribution in [0.2, 0.25) is 0 Å². The maximum atomic E-state index is 13.0. The molecule has 7 nitrogen and oxygen atoms in total. The number of rotatable bonds is 5. The van der Waals surface area contributed by atoms with Gasteiger partial charge >= 0.3 is 6.03 Å². The minimum Gasteiger partial charge on any atom is -0.347 e. The van der Waals surface area contributed by atoms with Gasteiger partial charge in [-0.05, 0) is 30.5 Å². The van der Waals surface area contributed by atoms with Crippen LogP contribution < -0.4 is 15.5 Å². The fourth-order valence-corrected chi connectivity index (χ4v) is 3.05. The van der Waals surface area contributed by atoms with Crippen molar-refractivity contribution in [2.24, 2.45) is 0 Å². The second kappa shape index (κ2) is 8.77. The summed E-state index contributed by atoms with van der Waals surface area (Å²) in [5, 5.41) is 5.77. The Bertz CT molecular complexity index is 742. The summed E-state index contributed by atoms with van der Waals surface area (Å²) in [6, 6.07) is 6.50. The van der Waals surface area contributed by atoms with E-state index in [1.165, 1.54) is 12.1 Å². The van der Waals surface area contributed by atoms with Gasteiger partial charge in [0.25, 0.3) is 0 Å². The highest BCUT2D eigenvalue weighted by molar-refractivity contribution is 5.89. The lowest BCUT2D eigenvalue weighted by Gasteiger charge is -2.32. The van der Waals surface area contributed by atoms with E-state index in [1.807, 2.05) is 26.2 Å². The second-order valence-corrected chi connectivity index (χ2v) is 6.94. The van der Waals surface area contributed by atoms with E-state index in [1.54, 1.807) is 17.3 Å². The lowest BCUT2D eigenvalue weighted by molar-refractivity contribution is 0.190. The average molecular weight is 372 g/mol. The Hall–Kier alpha value is -2.74. The number of carbonyl (C=O) groups excluding carboxylic acids is 1. The predicted octanol–water partition coefficient (Wildman–Crippen LogP) is 2.47. The van der Waals surface area contributed by atoms with Gasteiger partial charge in [0.2, 0.25) is 5.95 Å². The molecule has 1 aliphatic rings. The number of nitrogens with zero attached hydrogens (tertiary/aromatic N) is 4. The van der Waals surface area contributed by atoms with Crippen molar-refractivity contribution in [2.45, 2.75) is 25.4 Å². The molecule has 27 heavy (non-hydrogen) atoms. The van der Waals surface area contributed by atoms with Crippen molar-refractivity contribution in [3.8, 4) is 0 Å². The Morgan fingerprint density at radius 2 is 1.81 bits per heavy atom. The van der Waals surface area contributed by atoms with Gasteiger partial charge in [0.15, 0.2) is 0 Å². The first-order chi connectivity index (χ1) is 13.0. The number of urea groups is 1. The number of nitrogens with one attached hydrogen (secondary N) is 2. The molecule has 8 heteroatoms. The van der Waals surface area contributed by atoms with Gasteiger partial charge in [-0.2, -0.15) is 0 Å². The van der Waals surface area contributed by atoms with Crippen LogP contribution in [0.1, 0.15) is 18.4 Å². The van der Waals surface area contributed by atoms with Crippen LogP contribution in [0.15, 0.2) is 36.7 Å². The van der Waals surface area contributed by atoms with Gasteiger partial charge in [0.05, 0.1) is 18.1 Å². The Morgan fingerprint density at radius 1 is 1.19 bits per heavy atom. The van der Waals surface area contributed by atoms with Gasteiger partial charge < -0.3 is 15.5 Å². The lowest BCUT2D eigenvalue weighted by Crippen LogP contribution is -2.45. The van der Waals surface area contributed by atoms with Gasteiger partial charge in [0, 0.05) is 39.8 Å². The number of hydrogen-bond donors (Lipinski definition) is 2. The third-order valence-electron chi connectivity index (χ3n) is 4.54. The van der Waals surface area contributed by atoms with Crippen LogP contribution >= 0.6 is 0 Å². The number of piperidine rings is 1. The molecule has 2 heterocycles. The summed E-state index contributed by atoms with van der Waals surface area (Å²) in [6.45, 7) is 2.58. The van der Waals surface area contributed by atoms with Gasteiger partial charge in [-0.15, -0.1) is 0 Å². The summed E-state index contributed by atoms with van der Waals surface area (Å²) in [4.78, 5) is 24.6. The minimum atomic E-state index is -0.242.